The van der Waals surface area contributed by atoms with Gasteiger partial charge in [-0.1, -0.05) is 12.1 Å². The molecule has 1 amide bonds. The van der Waals surface area contributed by atoms with Gasteiger partial charge in [0.2, 0.25) is 5.78 Å². The highest BCUT2D eigenvalue weighted by Crippen LogP contribution is 2.29. The summed E-state index contributed by atoms with van der Waals surface area (Å²) in [6.07, 6.45) is -1.97. The molecule has 0 aliphatic rings. The van der Waals surface area contributed by atoms with Crippen LogP contribution in [0.15, 0.2) is 64.5 Å². The van der Waals surface area contributed by atoms with Crippen molar-refractivity contribution in [3.8, 4) is 5.82 Å². The zero-order valence-corrected chi connectivity index (χ0v) is 16.7. The standard InChI is InChI=1S/C20H12F3N5O3S/c21-20(22,23)12-3-1-2-11(6-12)17(30)18-24-8-15(27-18)28-5-4-13(7-16(28)29)26-19(31)14-9-32-10-25-14/h1-10H,(H,24,27)(H,26,31). The van der Waals surface area contributed by atoms with Crippen molar-refractivity contribution >= 4 is 28.7 Å². The Morgan fingerprint density at radius 1 is 1.16 bits per heavy atom. The Bertz CT molecular complexity index is 1360. The fourth-order valence-electron chi connectivity index (χ4n) is 2.79. The number of anilines is 1. The smallest absolute Gasteiger partial charge is 0.340 e. The highest BCUT2D eigenvalue weighted by molar-refractivity contribution is 7.07. The van der Waals surface area contributed by atoms with Gasteiger partial charge in [0, 0.05) is 35.1 Å². The van der Waals surface area contributed by atoms with Gasteiger partial charge in [-0.05, 0) is 18.2 Å². The first-order chi connectivity index (χ1) is 15.2. The first kappa shape index (κ1) is 21.2. The van der Waals surface area contributed by atoms with E-state index in [4.69, 9.17) is 0 Å². The summed E-state index contributed by atoms with van der Waals surface area (Å²) in [6.45, 7) is 0. The maximum absolute atomic E-state index is 12.9. The highest BCUT2D eigenvalue weighted by atomic mass is 32.1. The summed E-state index contributed by atoms with van der Waals surface area (Å²) < 4.78 is 39.8. The van der Waals surface area contributed by atoms with Crippen LogP contribution in [0.4, 0.5) is 18.9 Å². The molecular weight excluding hydrogens is 447 g/mol. The van der Waals surface area contributed by atoms with Crippen LogP contribution in [-0.4, -0.2) is 31.2 Å². The number of nitrogens with one attached hydrogen (secondary N) is 2. The predicted molar refractivity (Wildman–Crippen MR) is 109 cm³/mol. The van der Waals surface area contributed by atoms with E-state index >= 15 is 0 Å². The summed E-state index contributed by atoms with van der Waals surface area (Å²) in [5, 5.41) is 4.10. The number of ketones is 1. The molecular formula is C20H12F3N5O3S. The SMILES string of the molecule is O=C(Nc1ccn(-c2c[nH]c(C(=O)c3cccc(C(F)(F)F)c3)n2)c(=O)c1)c1cscn1. The lowest BCUT2D eigenvalue weighted by atomic mass is 10.1. The summed E-state index contributed by atoms with van der Waals surface area (Å²) in [7, 11) is 0. The number of aromatic amines is 1. The molecule has 0 spiro atoms. The van der Waals surface area contributed by atoms with Crippen LogP contribution in [0.1, 0.15) is 32.2 Å². The number of imidazole rings is 1. The largest absolute Gasteiger partial charge is 0.416 e. The van der Waals surface area contributed by atoms with Crippen LogP contribution in [-0.2, 0) is 6.18 Å². The maximum atomic E-state index is 12.9. The van der Waals surface area contributed by atoms with Crippen molar-refractivity contribution in [2.24, 2.45) is 0 Å². The highest BCUT2D eigenvalue weighted by Gasteiger charge is 2.31. The van der Waals surface area contributed by atoms with E-state index < -0.39 is 29.0 Å². The average molecular weight is 459 g/mol. The van der Waals surface area contributed by atoms with E-state index in [-0.39, 0.29) is 28.6 Å². The number of carbonyl (C=O) groups excluding carboxylic acids is 2. The van der Waals surface area contributed by atoms with Crippen LogP contribution in [0, 0.1) is 0 Å². The number of rotatable bonds is 5. The second-order valence-corrected chi connectivity index (χ2v) is 7.19. The minimum Gasteiger partial charge on any atom is -0.340 e. The third kappa shape index (κ3) is 4.34. The molecule has 0 saturated heterocycles. The lowest BCUT2D eigenvalue weighted by Gasteiger charge is -2.07. The van der Waals surface area contributed by atoms with E-state index in [9.17, 15) is 27.6 Å². The van der Waals surface area contributed by atoms with Crippen molar-refractivity contribution in [3.63, 3.8) is 0 Å². The lowest BCUT2D eigenvalue weighted by molar-refractivity contribution is -0.137. The van der Waals surface area contributed by atoms with Crippen LogP contribution in [0.5, 0.6) is 0 Å². The van der Waals surface area contributed by atoms with Gasteiger partial charge in [-0.3, -0.25) is 19.0 Å². The van der Waals surface area contributed by atoms with Crippen LogP contribution >= 0.6 is 11.3 Å². The first-order valence-electron chi connectivity index (χ1n) is 8.92. The maximum Gasteiger partial charge on any atom is 0.416 e. The Morgan fingerprint density at radius 2 is 1.97 bits per heavy atom. The molecule has 12 heteroatoms. The fourth-order valence-corrected chi connectivity index (χ4v) is 3.32. The number of pyridine rings is 1. The summed E-state index contributed by atoms with van der Waals surface area (Å²) in [6, 6.07) is 6.58. The molecule has 8 nitrogen and oxygen atoms in total. The van der Waals surface area contributed by atoms with E-state index in [1.807, 2.05) is 0 Å². The van der Waals surface area contributed by atoms with Gasteiger partial charge in [0.25, 0.3) is 11.5 Å². The van der Waals surface area contributed by atoms with Crippen molar-refractivity contribution in [3.05, 3.63) is 92.7 Å². The van der Waals surface area contributed by atoms with Crippen molar-refractivity contribution in [2.45, 2.75) is 6.18 Å². The number of alkyl halides is 3. The van der Waals surface area contributed by atoms with Crippen molar-refractivity contribution in [1.29, 1.82) is 0 Å². The molecule has 0 saturated carbocycles. The third-order valence-electron chi connectivity index (χ3n) is 4.32. The second kappa shape index (κ2) is 8.23. The van der Waals surface area contributed by atoms with Gasteiger partial charge in [-0.2, -0.15) is 13.2 Å². The summed E-state index contributed by atoms with van der Waals surface area (Å²) in [5.74, 6) is -1.41. The van der Waals surface area contributed by atoms with E-state index in [0.717, 1.165) is 28.8 Å². The van der Waals surface area contributed by atoms with E-state index in [1.54, 1.807) is 5.38 Å². The predicted octanol–water partition coefficient (Wildman–Crippen LogP) is 3.52. The Labute approximate surface area is 181 Å². The molecule has 0 atom stereocenters. The molecule has 0 aliphatic carbocycles. The van der Waals surface area contributed by atoms with E-state index in [0.29, 0.717) is 0 Å². The van der Waals surface area contributed by atoms with Gasteiger partial charge < -0.3 is 10.3 Å². The number of halogens is 3. The molecule has 1 aromatic carbocycles. The lowest BCUT2D eigenvalue weighted by Crippen LogP contribution is -2.20. The van der Waals surface area contributed by atoms with Gasteiger partial charge in [-0.25, -0.2) is 9.97 Å². The van der Waals surface area contributed by atoms with E-state index in [2.05, 4.69) is 20.3 Å². The number of thiazole rings is 1. The quantitative estimate of drug-likeness (QED) is 0.444. The number of hydrogen-bond donors (Lipinski definition) is 2. The Balaban J connectivity index is 1.55. The molecule has 3 heterocycles. The zero-order chi connectivity index (χ0) is 22.9. The molecule has 32 heavy (non-hydrogen) atoms. The van der Waals surface area contributed by atoms with Crippen molar-refractivity contribution < 1.29 is 22.8 Å². The number of carbonyl (C=O) groups is 2. The minimum absolute atomic E-state index is 0.0581. The van der Waals surface area contributed by atoms with Crippen LogP contribution in [0.3, 0.4) is 0 Å². The molecule has 2 N–H and O–H groups in total. The fraction of sp³-hybridized carbons (Fsp3) is 0.0500. The van der Waals surface area contributed by atoms with Gasteiger partial charge in [-0.15, -0.1) is 11.3 Å². The number of aromatic nitrogens is 4. The van der Waals surface area contributed by atoms with Gasteiger partial charge in [0.1, 0.15) is 5.69 Å². The molecule has 0 fully saturated rings. The molecule has 0 aliphatic heterocycles. The molecule has 3 aromatic heterocycles. The number of hydrogen-bond acceptors (Lipinski definition) is 6. The first-order valence-corrected chi connectivity index (χ1v) is 9.86. The monoisotopic (exact) mass is 459 g/mol. The number of H-pyrrole nitrogens is 1. The van der Waals surface area contributed by atoms with Crippen LogP contribution < -0.4 is 10.9 Å². The van der Waals surface area contributed by atoms with Gasteiger partial charge >= 0.3 is 6.18 Å². The van der Waals surface area contributed by atoms with Crippen LogP contribution in [0.25, 0.3) is 5.82 Å². The summed E-state index contributed by atoms with van der Waals surface area (Å²) in [5.41, 5.74) is 0.243. The molecule has 4 aromatic rings. The summed E-state index contributed by atoms with van der Waals surface area (Å²) >= 11 is 1.25. The molecule has 162 valence electrons. The molecule has 0 radical (unpaired) electrons. The normalized spacial score (nSPS) is 11.3. The number of nitrogens with zero attached hydrogens (tertiary/aromatic N) is 3. The third-order valence-corrected chi connectivity index (χ3v) is 4.91. The Morgan fingerprint density at radius 3 is 2.66 bits per heavy atom. The van der Waals surface area contributed by atoms with Crippen LogP contribution in [0.2, 0.25) is 0 Å². The van der Waals surface area contributed by atoms with Crippen molar-refractivity contribution in [1.82, 2.24) is 19.5 Å². The van der Waals surface area contributed by atoms with Gasteiger partial charge in [0.15, 0.2) is 11.6 Å². The Kier molecular flexibility index (Phi) is 5.45. The topological polar surface area (TPSA) is 110 Å². The van der Waals surface area contributed by atoms with Gasteiger partial charge in [0.05, 0.1) is 11.1 Å². The Hall–Kier alpha value is -4.06. The summed E-state index contributed by atoms with van der Waals surface area (Å²) in [4.78, 5) is 47.5. The number of amides is 1. The minimum atomic E-state index is -4.59. The zero-order valence-electron chi connectivity index (χ0n) is 15.9. The number of benzene rings is 1. The molecule has 4 rings (SSSR count). The average Bonchev–Trinajstić information content (AvgIpc) is 3.45. The molecule has 0 bridgehead atoms. The molecule has 0 unspecified atom stereocenters. The van der Waals surface area contributed by atoms with Crippen molar-refractivity contribution in [2.75, 3.05) is 5.32 Å². The van der Waals surface area contributed by atoms with E-state index in [1.165, 1.54) is 41.4 Å². The second-order valence-electron chi connectivity index (χ2n) is 6.47.